The van der Waals surface area contributed by atoms with Crippen molar-refractivity contribution < 1.29 is 38.3 Å². The van der Waals surface area contributed by atoms with Crippen LogP contribution in [0.1, 0.15) is 15.9 Å². The number of phenols is 1. The van der Waals surface area contributed by atoms with Gasteiger partial charge in [-0.15, -0.1) is 0 Å². The average Bonchev–Trinajstić information content (AvgIpc) is 2.74. The van der Waals surface area contributed by atoms with Gasteiger partial charge in [-0.1, -0.05) is 12.1 Å². The van der Waals surface area contributed by atoms with Crippen molar-refractivity contribution in [3.05, 3.63) is 35.4 Å². The average molecular weight is 404 g/mol. The highest BCUT2D eigenvalue weighted by Crippen LogP contribution is 2.53. The van der Waals surface area contributed by atoms with Crippen LogP contribution in [0.25, 0.3) is 6.08 Å². The zero-order chi connectivity index (χ0) is 21.6. The van der Waals surface area contributed by atoms with E-state index in [1.807, 2.05) is 0 Å². The summed E-state index contributed by atoms with van der Waals surface area (Å²) in [4.78, 5) is 13.0. The van der Waals surface area contributed by atoms with Crippen LogP contribution in [-0.2, 0) is 0 Å². The van der Waals surface area contributed by atoms with Gasteiger partial charge < -0.3 is 33.5 Å². The monoisotopic (exact) mass is 404 g/mol. The van der Waals surface area contributed by atoms with Crippen molar-refractivity contribution in [2.75, 3.05) is 42.7 Å². The molecule has 2 aromatic carbocycles. The maximum Gasteiger partial charge on any atom is 0.211 e. The summed E-state index contributed by atoms with van der Waals surface area (Å²) in [6, 6.07) is 4.78. The third-order valence-electron chi connectivity index (χ3n) is 4.18. The zero-order valence-corrected chi connectivity index (χ0v) is 17.2. The van der Waals surface area contributed by atoms with Gasteiger partial charge in [-0.2, -0.15) is 0 Å². The number of hydrogen-bond acceptors (Lipinski definition) is 8. The van der Waals surface area contributed by atoms with Gasteiger partial charge in [-0.05, 0) is 23.8 Å². The molecule has 0 saturated heterocycles. The smallest absolute Gasteiger partial charge is 0.211 e. The fourth-order valence-corrected chi connectivity index (χ4v) is 2.87. The number of hydrogen-bond donors (Lipinski definition) is 1. The molecule has 8 nitrogen and oxygen atoms in total. The van der Waals surface area contributed by atoms with Crippen LogP contribution in [0.5, 0.6) is 40.2 Å². The van der Waals surface area contributed by atoms with E-state index >= 15 is 0 Å². The second-order valence-electron chi connectivity index (χ2n) is 5.67. The molecule has 0 fully saturated rings. The number of benzene rings is 2. The van der Waals surface area contributed by atoms with Crippen molar-refractivity contribution in [1.82, 2.24) is 0 Å². The minimum atomic E-state index is -0.423. The highest BCUT2D eigenvalue weighted by molar-refractivity contribution is 6.12. The summed E-state index contributed by atoms with van der Waals surface area (Å²) in [6.07, 6.45) is 2.87. The van der Waals surface area contributed by atoms with Crippen LogP contribution in [0.3, 0.4) is 0 Å². The lowest BCUT2D eigenvalue weighted by molar-refractivity contribution is 0.104. The van der Waals surface area contributed by atoms with Crippen LogP contribution in [0.2, 0.25) is 0 Å². The normalized spacial score (nSPS) is 10.6. The number of ketones is 1. The number of methoxy groups -OCH3 is 6. The molecule has 0 radical (unpaired) electrons. The lowest BCUT2D eigenvalue weighted by Crippen LogP contribution is -2.08. The van der Waals surface area contributed by atoms with Crippen molar-refractivity contribution in [2.24, 2.45) is 0 Å². The first-order valence-corrected chi connectivity index (χ1v) is 8.50. The Morgan fingerprint density at radius 2 is 1.24 bits per heavy atom. The Balaban J connectivity index is 2.59. The molecule has 29 heavy (non-hydrogen) atoms. The molecule has 0 spiro atoms. The molecule has 156 valence electrons. The Kier molecular flexibility index (Phi) is 7.19. The Bertz CT molecular complexity index is 884. The van der Waals surface area contributed by atoms with E-state index < -0.39 is 5.78 Å². The van der Waals surface area contributed by atoms with Crippen LogP contribution in [-0.4, -0.2) is 53.5 Å². The van der Waals surface area contributed by atoms with Gasteiger partial charge in [0.2, 0.25) is 17.2 Å². The fourth-order valence-electron chi connectivity index (χ4n) is 2.87. The first kappa shape index (κ1) is 21.7. The lowest BCUT2D eigenvalue weighted by Gasteiger charge is -2.21. The Morgan fingerprint density at radius 1 is 0.759 bits per heavy atom. The van der Waals surface area contributed by atoms with Crippen molar-refractivity contribution in [2.45, 2.75) is 0 Å². The molecule has 0 aliphatic rings. The van der Waals surface area contributed by atoms with E-state index in [2.05, 4.69) is 0 Å². The van der Waals surface area contributed by atoms with Crippen molar-refractivity contribution in [3.63, 3.8) is 0 Å². The molecule has 0 aliphatic heterocycles. The van der Waals surface area contributed by atoms with Gasteiger partial charge in [0.05, 0.1) is 42.7 Å². The number of rotatable bonds is 9. The SMILES string of the molecule is COc1ccc(/C=C/C(=O)c2c(OC)c(OC)c(OC)c(OC)c2OC)cc1O. The predicted octanol–water partition coefficient (Wildman–Crippen LogP) is 3.34. The highest BCUT2D eigenvalue weighted by Gasteiger charge is 2.31. The van der Waals surface area contributed by atoms with E-state index in [1.165, 1.54) is 54.8 Å². The molecular weight excluding hydrogens is 380 g/mol. The number of carbonyl (C=O) groups excluding carboxylic acids is 1. The molecule has 0 aromatic heterocycles. The third-order valence-corrected chi connectivity index (χ3v) is 4.18. The molecule has 2 rings (SSSR count). The molecule has 1 N–H and O–H groups in total. The molecule has 0 saturated carbocycles. The van der Waals surface area contributed by atoms with E-state index in [0.717, 1.165) is 0 Å². The summed E-state index contributed by atoms with van der Waals surface area (Å²) in [5.74, 6) is 0.811. The number of phenolic OH excluding ortho intramolecular Hbond substituents is 1. The van der Waals surface area contributed by atoms with Gasteiger partial charge in [-0.3, -0.25) is 4.79 Å². The molecule has 8 heteroatoms. The van der Waals surface area contributed by atoms with Gasteiger partial charge in [0.1, 0.15) is 5.56 Å². The minimum absolute atomic E-state index is 0.0370. The summed E-state index contributed by atoms with van der Waals surface area (Å²) in [5.41, 5.74) is 0.709. The largest absolute Gasteiger partial charge is 0.504 e. The summed E-state index contributed by atoms with van der Waals surface area (Å²) >= 11 is 0. The number of carbonyl (C=O) groups is 1. The summed E-state index contributed by atoms with van der Waals surface area (Å²) in [7, 11) is 8.57. The molecule has 0 heterocycles. The maximum atomic E-state index is 13.0. The van der Waals surface area contributed by atoms with Crippen LogP contribution in [0, 0.1) is 0 Å². The van der Waals surface area contributed by atoms with Gasteiger partial charge in [0, 0.05) is 0 Å². The topological polar surface area (TPSA) is 92.7 Å². The van der Waals surface area contributed by atoms with E-state index in [4.69, 9.17) is 28.4 Å². The molecule has 0 unspecified atom stereocenters. The number of ether oxygens (including phenoxy) is 6. The standard InChI is InChI=1S/C21H24O8/c1-24-15-10-8-12(11-14(15)23)7-9-13(22)16-17(25-2)19(27-4)21(29-6)20(28-5)18(16)26-3/h7-11,23H,1-6H3/b9-7+. The van der Waals surface area contributed by atoms with Crippen LogP contribution < -0.4 is 28.4 Å². The van der Waals surface area contributed by atoms with E-state index in [-0.39, 0.29) is 40.1 Å². The van der Waals surface area contributed by atoms with E-state index in [0.29, 0.717) is 11.3 Å². The number of aromatic hydroxyl groups is 1. The number of allylic oxidation sites excluding steroid dienone is 1. The van der Waals surface area contributed by atoms with Crippen molar-refractivity contribution >= 4 is 11.9 Å². The highest BCUT2D eigenvalue weighted by atomic mass is 16.6. The van der Waals surface area contributed by atoms with Crippen molar-refractivity contribution in [1.29, 1.82) is 0 Å². The van der Waals surface area contributed by atoms with Gasteiger partial charge >= 0.3 is 0 Å². The first-order valence-electron chi connectivity index (χ1n) is 8.50. The second-order valence-corrected chi connectivity index (χ2v) is 5.67. The van der Waals surface area contributed by atoms with Crippen LogP contribution >= 0.6 is 0 Å². The minimum Gasteiger partial charge on any atom is -0.504 e. The van der Waals surface area contributed by atoms with Crippen molar-refractivity contribution in [3.8, 4) is 40.2 Å². The molecule has 0 aliphatic carbocycles. The molecule has 0 atom stereocenters. The quantitative estimate of drug-likeness (QED) is 0.503. The predicted molar refractivity (Wildman–Crippen MR) is 107 cm³/mol. The van der Waals surface area contributed by atoms with Crippen LogP contribution in [0.4, 0.5) is 0 Å². The second kappa shape index (κ2) is 9.59. The lowest BCUT2D eigenvalue weighted by atomic mass is 10.0. The molecular formula is C21H24O8. The summed E-state index contributed by atoms with van der Waals surface area (Å²) in [6.45, 7) is 0. The molecule has 2 aromatic rings. The first-order chi connectivity index (χ1) is 14.0. The zero-order valence-electron chi connectivity index (χ0n) is 17.2. The Labute approximate surface area is 169 Å². The maximum absolute atomic E-state index is 13.0. The summed E-state index contributed by atoms with van der Waals surface area (Å²) < 4.78 is 32.0. The van der Waals surface area contributed by atoms with Gasteiger partial charge in [0.25, 0.3) is 0 Å². The van der Waals surface area contributed by atoms with E-state index in [9.17, 15) is 9.90 Å². The van der Waals surface area contributed by atoms with E-state index in [1.54, 1.807) is 18.2 Å². The molecule has 0 bridgehead atoms. The van der Waals surface area contributed by atoms with Gasteiger partial charge in [-0.25, -0.2) is 0 Å². The van der Waals surface area contributed by atoms with Gasteiger partial charge in [0.15, 0.2) is 28.8 Å². The van der Waals surface area contributed by atoms with Crippen LogP contribution in [0.15, 0.2) is 24.3 Å². The third kappa shape index (κ3) is 4.16. The fraction of sp³-hybridized carbons (Fsp3) is 0.286. The Morgan fingerprint density at radius 3 is 1.66 bits per heavy atom. The Hall–Kier alpha value is -3.55. The molecule has 0 amide bonds. The summed E-state index contributed by atoms with van der Waals surface area (Å²) in [5, 5.41) is 9.90.